The molecule has 0 saturated heterocycles. The summed E-state index contributed by atoms with van der Waals surface area (Å²) in [6.07, 6.45) is 3.96. The van der Waals surface area contributed by atoms with Crippen molar-refractivity contribution in [2.75, 3.05) is 13.7 Å². The number of hydrogen-bond acceptors (Lipinski definition) is 5. The van der Waals surface area contributed by atoms with Crippen LogP contribution in [0.25, 0.3) is 16.9 Å². The molecule has 2 aromatic heterocycles. The molecule has 2 heterocycles. The van der Waals surface area contributed by atoms with Crippen molar-refractivity contribution in [3.05, 3.63) is 42.5 Å². The van der Waals surface area contributed by atoms with Crippen molar-refractivity contribution in [3.63, 3.8) is 0 Å². The Morgan fingerprint density at radius 2 is 1.96 bits per heavy atom. The van der Waals surface area contributed by atoms with Gasteiger partial charge < -0.3 is 10.1 Å². The van der Waals surface area contributed by atoms with Gasteiger partial charge in [-0.05, 0) is 37.1 Å². The lowest BCUT2D eigenvalue weighted by molar-refractivity contribution is -0.125. The molecule has 0 aliphatic rings. The van der Waals surface area contributed by atoms with Gasteiger partial charge in [-0.1, -0.05) is 13.8 Å². The fourth-order valence-electron chi connectivity index (χ4n) is 2.97. The Labute approximate surface area is 158 Å². The zero-order valence-electron chi connectivity index (χ0n) is 16.0. The van der Waals surface area contributed by atoms with Gasteiger partial charge in [-0.3, -0.25) is 4.79 Å². The van der Waals surface area contributed by atoms with Gasteiger partial charge in [0.1, 0.15) is 12.1 Å². The quantitative estimate of drug-likeness (QED) is 0.662. The van der Waals surface area contributed by atoms with E-state index in [-0.39, 0.29) is 11.8 Å². The van der Waals surface area contributed by atoms with Crippen molar-refractivity contribution in [1.82, 2.24) is 24.9 Å². The van der Waals surface area contributed by atoms with Crippen LogP contribution in [0.4, 0.5) is 0 Å². The summed E-state index contributed by atoms with van der Waals surface area (Å²) in [5, 5.41) is 7.40. The van der Waals surface area contributed by atoms with E-state index in [9.17, 15) is 4.79 Å². The van der Waals surface area contributed by atoms with E-state index in [1.54, 1.807) is 18.0 Å². The molecule has 0 fully saturated rings. The lowest BCUT2D eigenvalue weighted by Crippen LogP contribution is -2.31. The van der Waals surface area contributed by atoms with E-state index in [0.29, 0.717) is 18.8 Å². The standard InChI is InChI=1S/C20H25N5O2/c1-4-14(5-2)20(26)21-11-10-18-23-19-12-17(22-13-25(19)24-18)15-6-8-16(27-3)9-7-15/h6-9,12-14H,4-5,10-11H2,1-3H3,(H,21,26). The summed E-state index contributed by atoms with van der Waals surface area (Å²) >= 11 is 0. The van der Waals surface area contributed by atoms with Crippen LogP contribution < -0.4 is 10.1 Å². The molecule has 1 N–H and O–H groups in total. The lowest BCUT2D eigenvalue weighted by atomic mass is 10.0. The summed E-state index contributed by atoms with van der Waals surface area (Å²) in [6, 6.07) is 9.63. The molecule has 0 unspecified atom stereocenters. The van der Waals surface area contributed by atoms with Crippen molar-refractivity contribution >= 4 is 11.6 Å². The highest BCUT2D eigenvalue weighted by Gasteiger charge is 2.14. The predicted octanol–water partition coefficient (Wildman–Crippen LogP) is 2.89. The predicted molar refractivity (Wildman–Crippen MR) is 104 cm³/mol. The van der Waals surface area contributed by atoms with E-state index in [4.69, 9.17) is 4.74 Å². The number of ether oxygens (including phenoxy) is 1. The summed E-state index contributed by atoms with van der Waals surface area (Å²) in [6.45, 7) is 4.60. The third kappa shape index (κ3) is 4.42. The van der Waals surface area contributed by atoms with E-state index in [1.807, 2.05) is 44.2 Å². The van der Waals surface area contributed by atoms with Crippen LogP contribution in [0.2, 0.25) is 0 Å². The number of fused-ring (bicyclic) bond motifs is 1. The van der Waals surface area contributed by atoms with Crippen molar-refractivity contribution in [1.29, 1.82) is 0 Å². The summed E-state index contributed by atoms with van der Waals surface area (Å²) in [7, 11) is 1.64. The summed E-state index contributed by atoms with van der Waals surface area (Å²) < 4.78 is 6.84. The summed E-state index contributed by atoms with van der Waals surface area (Å²) in [5.74, 6) is 1.68. The minimum Gasteiger partial charge on any atom is -0.497 e. The smallest absolute Gasteiger partial charge is 0.223 e. The number of nitrogens with one attached hydrogen (secondary N) is 1. The third-order valence-electron chi connectivity index (χ3n) is 4.66. The monoisotopic (exact) mass is 367 g/mol. The molecule has 7 heteroatoms. The molecule has 0 saturated carbocycles. The average Bonchev–Trinajstić information content (AvgIpc) is 3.11. The maximum Gasteiger partial charge on any atom is 0.223 e. The van der Waals surface area contributed by atoms with Crippen molar-refractivity contribution in [2.24, 2.45) is 5.92 Å². The molecule has 0 aliphatic carbocycles. The molecule has 0 atom stereocenters. The van der Waals surface area contributed by atoms with Gasteiger partial charge in [0.2, 0.25) is 5.91 Å². The van der Waals surface area contributed by atoms with Gasteiger partial charge in [0, 0.05) is 30.5 Å². The third-order valence-corrected chi connectivity index (χ3v) is 4.66. The molecule has 1 aromatic carbocycles. The van der Waals surface area contributed by atoms with Crippen LogP contribution in [0.3, 0.4) is 0 Å². The molecule has 0 spiro atoms. The fraction of sp³-hybridized carbons (Fsp3) is 0.400. The van der Waals surface area contributed by atoms with Gasteiger partial charge in [-0.25, -0.2) is 14.5 Å². The van der Waals surface area contributed by atoms with Crippen molar-refractivity contribution in [2.45, 2.75) is 33.1 Å². The first-order valence-corrected chi connectivity index (χ1v) is 9.28. The largest absolute Gasteiger partial charge is 0.497 e. The minimum atomic E-state index is 0.0790. The Morgan fingerprint density at radius 1 is 1.22 bits per heavy atom. The molecule has 0 bridgehead atoms. The second-order valence-corrected chi connectivity index (χ2v) is 6.39. The highest BCUT2D eigenvalue weighted by atomic mass is 16.5. The van der Waals surface area contributed by atoms with Crippen LogP contribution in [-0.2, 0) is 11.2 Å². The van der Waals surface area contributed by atoms with E-state index in [1.165, 1.54) is 0 Å². The van der Waals surface area contributed by atoms with Crippen LogP contribution in [0, 0.1) is 5.92 Å². The van der Waals surface area contributed by atoms with Crippen LogP contribution in [0.5, 0.6) is 5.75 Å². The molecule has 7 nitrogen and oxygen atoms in total. The van der Waals surface area contributed by atoms with E-state index < -0.39 is 0 Å². The van der Waals surface area contributed by atoms with Crippen LogP contribution in [0.15, 0.2) is 36.7 Å². The normalized spacial score (nSPS) is 11.1. The van der Waals surface area contributed by atoms with Crippen LogP contribution in [-0.4, -0.2) is 39.1 Å². The van der Waals surface area contributed by atoms with Crippen molar-refractivity contribution in [3.8, 4) is 17.0 Å². The molecule has 3 aromatic rings. The topological polar surface area (TPSA) is 81.4 Å². The molecule has 142 valence electrons. The van der Waals surface area contributed by atoms with E-state index in [2.05, 4.69) is 20.4 Å². The highest BCUT2D eigenvalue weighted by molar-refractivity contribution is 5.78. The minimum absolute atomic E-state index is 0.0790. The fourth-order valence-corrected chi connectivity index (χ4v) is 2.97. The summed E-state index contributed by atoms with van der Waals surface area (Å²) in [4.78, 5) is 21.0. The van der Waals surface area contributed by atoms with Crippen molar-refractivity contribution < 1.29 is 9.53 Å². The van der Waals surface area contributed by atoms with Gasteiger partial charge in [0.25, 0.3) is 0 Å². The number of methoxy groups -OCH3 is 1. The van der Waals surface area contributed by atoms with Gasteiger partial charge in [0.05, 0.1) is 12.8 Å². The SMILES string of the molecule is CCC(CC)C(=O)NCCc1nc2cc(-c3ccc(OC)cc3)ncn2n1. The number of nitrogens with zero attached hydrogens (tertiary/aromatic N) is 4. The second kappa shape index (κ2) is 8.62. The second-order valence-electron chi connectivity index (χ2n) is 6.39. The zero-order chi connectivity index (χ0) is 19.2. The Balaban J connectivity index is 1.67. The molecule has 27 heavy (non-hydrogen) atoms. The van der Waals surface area contributed by atoms with Gasteiger partial charge in [0.15, 0.2) is 11.5 Å². The lowest BCUT2D eigenvalue weighted by Gasteiger charge is -2.11. The molecule has 0 aliphatic heterocycles. The first-order valence-electron chi connectivity index (χ1n) is 9.28. The maximum atomic E-state index is 12.0. The van der Waals surface area contributed by atoms with Crippen LogP contribution >= 0.6 is 0 Å². The first-order chi connectivity index (χ1) is 13.1. The number of amides is 1. The Bertz CT molecular complexity index is 900. The molecular weight excluding hydrogens is 342 g/mol. The number of benzene rings is 1. The van der Waals surface area contributed by atoms with Gasteiger partial charge in [-0.2, -0.15) is 0 Å². The molecular formula is C20H25N5O2. The first kappa shape index (κ1) is 18.8. The Kier molecular flexibility index (Phi) is 6.01. The number of hydrogen-bond donors (Lipinski definition) is 1. The molecule has 0 radical (unpaired) electrons. The number of aromatic nitrogens is 4. The molecule has 1 amide bonds. The van der Waals surface area contributed by atoms with Gasteiger partial charge >= 0.3 is 0 Å². The summed E-state index contributed by atoms with van der Waals surface area (Å²) in [5.41, 5.74) is 2.54. The van der Waals surface area contributed by atoms with E-state index in [0.717, 1.165) is 35.5 Å². The van der Waals surface area contributed by atoms with Gasteiger partial charge in [-0.15, -0.1) is 5.10 Å². The zero-order valence-corrected chi connectivity index (χ0v) is 16.0. The van der Waals surface area contributed by atoms with E-state index >= 15 is 0 Å². The average molecular weight is 367 g/mol. The number of carbonyl (C=O) groups excluding carboxylic acids is 1. The highest BCUT2D eigenvalue weighted by Crippen LogP contribution is 2.21. The molecule has 3 rings (SSSR count). The van der Waals surface area contributed by atoms with Crippen LogP contribution in [0.1, 0.15) is 32.5 Å². The number of carbonyl (C=O) groups is 1. The Morgan fingerprint density at radius 3 is 2.63 bits per heavy atom. The number of rotatable bonds is 8. The maximum absolute atomic E-state index is 12.0. The Hall–Kier alpha value is -2.96.